The van der Waals surface area contributed by atoms with Crippen molar-refractivity contribution in [3.63, 3.8) is 0 Å². The third kappa shape index (κ3) is 5.09. The van der Waals surface area contributed by atoms with Crippen molar-refractivity contribution >= 4 is 32.6 Å². The van der Waals surface area contributed by atoms with E-state index in [1.165, 1.54) is 66.0 Å². The molecule has 0 aliphatic heterocycles. The van der Waals surface area contributed by atoms with Crippen molar-refractivity contribution in [2.24, 2.45) is 0 Å². The van der Waals surface area contributed by atoms with E-state index in [0.29, 0.717) is 0 Å². The van der Waals surface area contributed by atoms with Crippen molar-refractivity contribution in [1.29, 1.82) is 0 Å². The molecule has 0 radical (unpaired) electrons. The third-order valence-electron chi connectivity index (χ3n) is 8.01. The van der Waals surface area contributed by atoms with Gasteiger partial charge in [0.05, 0.1) is 0 Å². The van der Waals surface area contributed by atoms with Crippen molar-refractivity contribution in [3.8, 4) is 22.3 Å². The molecule has 7 aromatic carbocycles. The topological polar surface area (TPSA) is 15.8 Å². The molecule has 0 fully saturated rings. The predicted octanol–water partition coefficient (Wildman–Crippen LogP) is 11.1. The van der Waals surface area contributed by atoms with E-state index in [2.05, 4.69) is 163 Å². The molecule has 1 heteroatoms. The number of aromatic nitrogens is 1. The number of aromatic amines is 1. The van der Waals surface area contributed by atoms with Gasteiger partial charge in [0.15, 0.2) is 0 Å². The average Bonchev–Trinajstić information content (AvgIpc) is 3.65. The van der Waals surface area contributed by atoms with Crippen LogP contribution in [0.1, 0.15) is 11.1 Å². The number of nitrogens with one attached hydrogen (secondary N) is 1. The summed E-state index contributed by atoms with van der Waals surface area (Å²) in [6.45, 7) is 0. The van der Waals surface area contributed by atoms with Crippen LogP contribution in [0.25, 0.3) is 54.8 Å². The summed E-state index contributed by atoms with van der Waals surface area (Å²) in [7, 11) is 0. The molecular weight excluding hydrogens is 506 g/mol. The van der Waals surface area contributed by atoms with Crippen LogP contribution in [0.4, 0.5) is 0 Å². The Balaban J connectivity index is 0.000000105. The lowest BCUT2D eigenvalue weighted by Gasteiger charge is -2.05. The highest BCUT2D eigenvalue weighted by molar-refractivity contribution is 6.07. The van der Waals surface area contributed by atoms with E-state index < -0.39 is 0 Å². The highest BCUT2D eigenvalue weighted by Crippen LogP contribution is 2.40. The molecule has 1 aliphatic rings. The van der Waals surface area contributed by atoms with Gasteiger partial charge in [-0.15, -0.1) is 0 Å². The fourth-order valence-electron chi connectivity index (χ4n) is 5.97. The van der Waals surface area contributed by atoms with Crippen LogP contribution >= 0.6 is 0 Å². The summed E-state index contributed by atoms with van der Waals surface area (Å²) in [6, 6.07) is 59.4. The van der Waals surface area contributed by atoms with Crippen molar-refractivity contribution in [2.45, 2.75) is 6.42 Å². The van der Waals surface area contributed by atoms with Crippen LogP contribution < -0.4 is 0 Å². The summed E-state index contributed by atoms with van der Waals surface area (Å²) < 4.78 is 0. The number of fused-ring (bicyclic) bond motifs is 8. The molecule has 1 heterocycles. The van der Waals surface area contributed by atoms with E-state index in [0.717, 1.165) is 6.42 Å². The molecule has 9 rings (SSSR count). The summed E-state index contributed by atoms with van der Waals surface area (Å²) in [6.07, 6.45) is 1.08. The summed E-state index contributed by atoms with van der Waals surface area (Å²) in [5.41, 5.74) is 10.7. The zero-order valence-electron chi connectivity index (χ0n) is 23.4. The van der Waals surface area contributed by atoms with Crippen molar-refractivity contribution in [2.75, 3.05) is 0 Å². The van der Waals surface area contributed by atoms with E-state index in [1.807, 2.05) is 12.1 Å². The van der Waals surface area contributed by atoms with Crippen molar-refractivity contribution < 1.29 is 0 Å². The molecule has 8 aromatic rings. The van der Waals surface area contributed by atoms with Gasteiger partial charge in [-0.05, 0) is 62.7 Å². The molecule has 0 spiro atoms. The predicted molar refractivity (Wildman–Crippen MR) is 180 cm³/mol. The van der Waals surface area contributed by atoms with E-state index in [1.54, 1.807) is 0 Å². The average molecular weight is 538 g/mol. The first kappa shape index (κ1) is 25.6. The van der Waals surface area contributed by atoms with Crippen LogP contribution in [0, 0.1) is 0 Å². The quantitative estimate of drug-likeness (QED) is 0.214. The van der Waals surface area contributed by atoms with Crippen LogP contribution in [0.5, 0.6) is 0 Å². The number of para-hydroxylation sites is 2. The minimum Gasteiger partial charge on any atom is -0.355 e. The molecule has 1 N–H and O–H groups in total. The maximum absolute atomic E-state index is 3.38. The summed E-state index contributed by atoms with van der Waals surface area (Å²) in [5.74, 6) is 0. The highest BCUT2D eigenvalue weighted by atomic mass is 14.7. The molecule has 0 saturated carbocycles. The summed E-state index contributed by atoms with van der Waals surface area (Å²) >= 11 is 0. The zero-order valence-corrected chi connectivity index (χ0v) is 23.4. The lowest BCUT2D eigenvalue weighted by molar-refractivity contribution is 1.28. The molecule has 42 heavy (non-hydrogen) atoms. The first-order valence-corrected chi connectivity index (χ1v) is 14.5. The summed E-state index contributed by atoms with van der Waals surface area (Å²) in [5, 5.41) is 5.36. The zero-order chi connectivity index (χ0) is 28.1. The first-order valence-electron chi connectivity index (χ1n) is 14.5. The standard InChI is InChI=1S/C17H12.C12H9N.C12H10/c1-3-7-14-12(5-1)9-10-16-15-8-4-2-6-13(15)11-17(14)16;1-3-7-11-9(5-1)10-6-2-4-8-12(10)13-11;1-3-7-11(8-4-1)12-9-5-2-6-10-12/h1-10H,11H2;1-8,13H;1-10H. The van der Waals surface area contributed by atoms with Crippen LogP contribution in [0.3, 0.4) is 0 Å². The van der Waals surface area contributed by atoms with Crippen LogP contribution in [-0.2, 0) is 6.42 Å². The highest BCUT2D eigenvalue weighted by Gasteiger charge is 2.19. The molecule has 0 bridgehead atoms. The van der Waals surface area contributed by atoms with Crippen LogP contribution in [-0.4, -0.2) is 4.98 Å². The van der Waals surface area contributed by atoms with Gasteiger partial charge in [0, 0.05) is 21.8 Å². The van der Waals surface area contributed by atoms with Crippen LogP contribution in [0.15, 0.2) is 170 Å². The molecule has 200 valence electrons. The molecule has 0 amide bonds. The molecule has 0 unspecified atom stereocenters. The second-order valence-electron chi connectivity index (χ2n) is 10.6. The Morgan fingerprint density at radius 3 is 1.50 bits per heavy atom. The van der Waals surface area contributed by atoms with Gasteiger partial charge >= 0.3 is 0 Å². The Morgan fingerprint density at radius 2 is 0.857 bits per heavy atom. The van der Waals surface area contributed by atoms with E-state index in [4.69, 9.17) is 0 Å². The van der Waals surface area contributed by atoms with Crippen molar-refractivity contribution in [1.82, 2.24) is 4.98 Å². The Morgan fingerprint density at radius 1 is 0.357 bits per heavy atom. The lowest BCUT2D eigenvalue weighted by Crippen LogP contribution is -1.83. The second kappa shape index (κ2) is 11.6. The van der Waals surface area contributed by atoms with Crippen LogP contribution in [0.2, 0.25) is 0 Å². The summed E-state index contributed by atoms with van der Waals surface area (Å²) in [4.78, 5) is 3.38. The Kier molecular flexibility index (Phi) is 7.06. The fraction of sp³-hybridized carbons (Fsp3) is 0.0244. The van der Waals surface area contributed by atoms with E-state index >= 15 is 0 Å². The minimum absolute atomic E-state index is 1.08. The van der Waals surface area contributed by atoms with E-state index in [-0.39, 0.29) is 0 Å². The number of benzene rings is 7. The van der Waals surface area contributed by atoms with Gasteiger partial charge in [0.25, 0.3) is 0 Å². The van der Waals surface area contributed by atoms with Gasteiger partial charge in [0.2, 0.25) is 0 Å². The van der Waals surface area contributed by atoms with Gasteiger partial charge in [-0.25, -0.2) is 0 Å². The number of hydrogen-bond acceptors (Lipinski definition) is 0. The largest absolute Gasteiger partial charge is 0.355 e. The lowest BCUT2D eigenvalue weighted by atomic mass is 9.99. The maximum atomic E-state index is 3.38. The van der Waals surface area contributed by atoms with E-state index in [9.17, 15) is 0 Å². The molecular formula is C41H31N. The van der Waals surface area contributed by atoms with Gasteiger partial charge in [-0.2, -0.15) is 0 Å². The molecule has 1 nitrogen and oxygen atoms in total. The monoisotopic (exact) mass is 537 g/mol. The SMILES string of the molecule is c1ccc(-c2ccccc2)cc1.c1ccc2c(c1)Cc1c-2ccc2ccccc12.c1ccc2c(c1)[nH]c1ccccc12. The third-order valence-corrected chi connectivity index (χ3v) is 8.01. The Bertz CT molecular complexity index is 2020. The van der Waals surface area contributed by atoms with Gasteiger partial charge in [0.1, 0.15) is 0 Å². The Labute approximate surface area is 246 Å². The number of hydrogen-bond donors (Lipinski definition) is 1. The second-order valence-corrected chi connectivity index (χ2v) is 10.6. The first-order chi connectivity index (χ1) is 20.8. The molecule has 0 atom stereocenters. The van der Waals surface area contributed by atoms with Gasteiger partial charge in [-0.3, -0.25) is 0 Å². The maximum Gasteiger partial charge on any atom is 0.0464 e. The molecule has 1 aliphatic carbocycles. The van der Waals surface area contributed by atoms with Crippen molar-refractivity contribution in [3.05, 3.63) is 181 Å². The molecule has 1 aromatic heterocycles. The number of rotatable bonds is 1. The smallest absolute Gasteiger partial charge is 0.0464 e. The fourth-order valence-corrected chi connectivity index (χ4v) is 5.97. The van der Waals surface area contributed by atoms with Gasteiger partial charge < -0.3 is 4.98 Å². The minimum atomic E-state index is 1.08. The normalized spacial score (nSPS) is 11.2. The van der Waals surface area contributed by atoms with Gasteiger partial charge in [-0.1, -0.05) is 158 Å². The Hall–Kier alpha value is -5.40. The number of H-pyrrole nitrogens is 1. The molecule has 0 saturated heterocycles.